The average molecular weight is 284 g/mol. The molecule has 0 spiro atoms. The van der Waals surface area contributed by atoms with Gasteiger partial charge in [0.1, 0.15) is 18.5 Å². The molecule has 1 N–H and O–H groups in total. The molecular formula is C15H22ClNO2. The van der Waals surface area contributed by atoms with Gasteiger partial charge in [0.15, 0.2) is 0 Å². The van der Waals surface area contributed by atoms with Crippen LogP contribution in [-0.2, 0) is 0 Å². The van der Waals surface area contributed by atoms with Crippen LogP contribution in [0.4, 0.5) is 0 Å². The Morgan fingerprint density at radius 2 is 2.16 bits per heavy atom. The molecule has 106 valence electrons. The molecule has 0 saturated carbocycles. The third-order valence-corrected chi connectivity index (χ3v) is 3.72. The lowest BCUT2D eigenvalue weighted by molar-refractivity contribution is 0.0537. The number of nitrogens with zero attached hydrogens (tertiary/aromatic N) is 1. The van der Waals surface area contributed by atoms with Crippen molar-refractivity contribution in [3.8, 4) is 5.75 Å². The summed E-state index contributed by atoms with van der Waals surface area (Å²) in [6, 6.07) is 7.21. The monoisotopic (exact) mass is 283 g/mol. The first-order valence-corrected chi connectivity index (χ1v) is 7.30. The smallest absolute Gasteiger partial charge is 0.119 e. The van der Waals surface area contributed by atoms with E-state index in [-0.39, 0.29) is 0 Å². The molecule has 1 heterocycles. The number of hydrogen-bond donors (Lipinski definition) is 1. The Kier molecular flexibility index (Phi) is 5.49. The highest BCUT2D eigenvalue weighted by molar-refractivity contribution is 6.30. The van der Waals surface area contributed by atoms with Gasteiger partial charge in [-0.1, -0.05) is 18.5 Å². The zero-order valence-electron chi connectivity index (χ0n) is 11.4. The second-order valence-electron chi connectivity index (χ2n) is 5.43. The van der Waals surface area contributed by atoms with Gasteiger partial charge < -0.3 is 14.7 Å². The lowest BCUT2D eigenvalue weighted by Gasteiger charge is -2.32. The largest absolute Gasteiger partial charge is 0.491 e. The molecule has 0 aliphatic carbocycles. The number of benzene rings is 1. The summed E-state index contributed by atoms with van der Waals surface area (Å²) in [7, 11) is 0. The van der Waals surface area contributed by atoms with Crippen LogP contribution in [0.15, 0.2) is 24.3 Å². The van der Waals surface area contributed by atoms with Gasteiger partial charge in [0, 0.05) is 18.1 Å². The highest BCUT2D eigenvalue weighted by Gasteiger charge is 2.19. The van der Waals surface area contributed by atoms with Crippen LogP contribution in [0.3, 0.4) is 0 Å². The predicted octanol–water partition coefficient (Wildman–Crippen LogP) is 2.81. The van der Waals surface area contributed by atoms with E-state index < -0.39 is 6.10 Å². The summed E-state index contributed by atoms with van der Waals surface area (Å²) in [6.45, 7) is 5.45. The number of rotatable bonds is 5. The Balaban J connectivity index is 1.72. The molecule has 1 fully saturated rings. The predicted molar refractivity (Wildman–Crippen MR) is 77.8 cm³/mol. The SMILES string of the molecule is C[C@H]1CCCN(C[C@H](O)COc2ccc(Cl)cc2)C1. The first kappa shape index (κ1) is 14.6. The van der Waals surface area contributed by atoms with E-state index in [0.29, 0.717) is 18.2 Å². The maximum atomic E-state index is 10.0. The molecule has 0 unspecified atom stereocenters. The lowest BCUT2D eigenvalue weighted by Crippen LogP contribution is -2.41. The maximum absolute atomic E-state index is 10.0. The minimum Gasteiger partial charge on any atom is -0.491 e. The van der Waals surface area contributed by atoms with Crippen molar-refractivity contribution >= 4 is 11.6 Å². The minimum atomic E-state index is -0.444. The van der Waals surface area contributed by atoms with Crippen molar-refractivity contribution in [2.45, 2.75) is 25.9 Å². The summed E-state index contributed by atoms with van der Waals surface area (Å²) in [6.07, 6.45) is 2.08. The topological polar surface area (TPSA) is 32.7 Å². The van der Waals surface area contributed by atoms with Gasteiger partial charge in [0.2, 0.25) is 0 Å². The van der Waals surface area contributed by atoms with Gasteiger partial charge in [-0.15, -0.1) is 0 Å². The molecule has 1 aliphatic heterocycles. The summed E-state index contributed by atoms with van der Waals surface area (Å²) < 4.78 is 5.56. The molecule has 2 rings (SSSR count). The third-order valence-electron chi connectivity index (χ3n) is 3.47. The second kappa shape index (κ2) is 7.13. The van der Waals surface area contributed by atoms with Gasteiger partial charge in [-0.2, -0.15) is 0 Å². The van der Waals surface area contributed by atoms with E-state index in [1.54, 1.807) is 12.1 Å². The van der Waals surface area contributed by atoms with E-state index in [2.05, 4.69) is 11.8 Å². The van der Waals surface area contributed by atoms with E-state index >= 15 is 0 Å². The van der Waals surface area contributed by atoms with Crippen molar-refractivity contribution in [2.75, 3.05) is 26.2 Å². The normalized spacial score (nSPS) is 22.2. The standard InChI is InChI=1S/C15H22ClNO2/c1-12-3-2-8-17(9-12)10-14(18)11-19-15-6-4-13(16)5-7-15/h4-7,12,14,18H,2-3,8-11H2,1H3/t12-,14-/m0/s1. The van der Waals surface area contributed by atoms with Crippen LogP contribution >= 0.6 is 11.6 Å². The number of hydrogen-bond acceptors (Lipinski definition) is 3. The van der Waals surface area contributed by atoms with Crippen LogP contribution in [0, 0.1) is 5.92 Å². The minimum absolute atomic E-state index is 0.326. The van der Waals surface area contributed by atoms with E-state index in [4.69, 9.17) is 16.3 Å². The summed E-state index contributed by atoms with van der Waals surface area (Å²) in [4.78, 5) is 2.32. The Morgan fingerprint density at radius 3 is 2.84 bits per heavy atom. The summed E-state index contributed by atoms with van der Waals surface area (Å²) >= 11 is 5.81. The summed E-state index contributed by atoms with van der Waals surface area (Å²) in [5.41, 5.74) is 0. The zero-order chi connectivity index (χ0) is 13.7. The van der Waals surface area contributed by atoms with Gasteiger partial charge in [-0.3, -0.25) is 0 Å². The van der Waals surface area contributed by atoms with Crippen molar-refractivity contribution in [3.63, 3.8) is 0 Å². The first-order chi connectivity index (χ1) is 9.13. The second-order valence-corrected chi connectivity index (χ2v) is 5.86. The van der Waals surface area contributed by atoms with Crippen molar-refractivity contribution in [3.05, 3.63) is 29.3 Å². The van der Waals surface area contributed by atoms with Crippen molar-refractivity contribution in [1.29, 1.82) is 0 Å². The van der Waals surface area contributed by atoms with E-state index in [9.17, 15) is 5.11 Å². The molecule has 3 nitrogen and oxygen atoms in total. The van der Waals surface area contributed by atoms with Crippen molar-refractivity contribution < 1.29 is 9.84 Å². The molecule has 0 aromatic heterocycles. The van der Waals surface area contributed by atoms with Crippen LogP contribution in [0.5, 0.6) is 5.75 Å². The number of ether oxygens (including phenoxy) is 1. The average Bonchev–Trinajstić information content (AvgIpc) is 2.38. The van der Waals surface area contributed by atoms with Gasteiger partial charge in [0.25, 0.3) is 0 Å². The molecule has 0 bridgehead atoms. The van der Waals surface area contributed by atoms with Crippen LogP contribution in [0.2, 0.25) is 5.02 Å². The fourth-order valence-electron chi connectivity index (χ4n) is 2.53. The maximum Gasteiger partial charge on any atom is 0.119 e. The van der Waals surface area contributed by atoms with Gasteiger partial charge in [0.05, 0.1) is 0 Å². The summed E-state index contributed by atoms with van der Waals surface area (Å²) in [5, 5.41) is 10.7. The molecule has 1 saturated heterocycles. The van der Waals surface area contributed by atoms with Crippen LogP contribution in [0.25, 0.3) is 0 Å². The highest BCUT2D eigenvalue weighted by Crippen LogP contribution is 2.17. The Morgan fingerprint density at radius 1 is 1.42 bits per heavy atom. The van der Waals surface area contributed by atoms with E-state index in [1.807, 2.05) is 12.1 Å². The molecule has 1 aromatic rings. The Hall–Kier alpha value is -0.770. The molecule has 1 aromatic carbocycles. The summed E-state index contributed by atoms with van der Waals surface area (Å²) in [5.74, 6) is 1.48. The van der Waals surface area contributed by atoms with Crippen LogP contribution < -0.4 is 4.74 Å². The van der Waals surface area contributed by atoms with Crippen LogP contribution in [0.1, 0.15) is 19.8 Å². The number of aliphatic hydroxyl groups is 1. The molecule has 19 heavy (non-hydrogen) atoms. The van der Waals surface area contributed by atoms with E-state index in [1.165, 1.54) is 12.8 Å². The Labute approximate surface area is 120 Å². The third kappa shape index (κ3) is 5.01. The quantitative estimate of drug-likeness (QED) is 0.902. The molecule has 1 aliphatic rings. The number of aliphatic hydroxyl groups excluding tert-OH is 1. The molecule has 0 amide bonds. The van der Waals surface area contributed by atoms with Gasteiger partial charge >= 0.3 is 0 Å². The van der Waals surface area contributed by atoms with Gasteiger partial charge in [-0.25, -0.2) is 0 Å². The fraction of sp³-hybridized carbons (Fsp3) is 0.600. The van der Waals surface area contributed by atoms with E-state index in [0.717, 1.165) is 24.8 Å². The number of halogens is 1. The number of likely N-dealkylation sites (tertiary alicyclic amines) is 1. The highest BCUT2D eigenvalue weighted by atomic mass is 35.5. The first-order valence-electron chi connectivity index (χ1n) is 6.92. The lowest BCUT2D eigenvalue weighted by atomic mass is 10.0. The number of piperidine rings is 1. The molecule has 0 radical (unpaired) electrons. The molecule has 2 atom stereocenters. The van der Waals surface area contributed by atoms with Crippen molar-refractivity contribution in [1.82, 2.24) is 4.90 Å². The van der Waals surface area contributed by atoms with Gasteiger partial charge in [-0.05, 0) is 49.6 Å². The zero-order valence-corrected chi connectivity index (χ0v) is 12.1. The van der Waals surface area contributed by atoms with Crippen LogP contribution in [-0.4, -0.2) is 42.4 Å². The van der Waals surface area contributed by atoms with Crippen molar-refractivity contribution in [2.24, 2.45) is 5.92 Å². The molecule has 4 heteroatoms. The Bertz CT molecular complexity index is 382. The fourth-order valence-corrected chi connectivity index (χ4v) is 2.65. The number of β-amino-alcohol motifs (C(OH)–C–C–N with tert-alkyl or cyclic N) is 1. The molecular weight excluding hydrogens is 262 g/mol.